The molecule has 1 atom stereocenters. The van der Waals surface area contributed by atoms with Gasteiger partial charge in [0.25, 0.3) is 5.91 Å². The molecule has 41 heavy (non-hydrogen) atoms. The number of piperidine rings is 1. The first-order valence-corrected chi connectivity index (χ1v) is 13.7. The lowest BCUT2D eigenvalue weighted by molar-refractivity contribution is -0.138. The number of alkyl halides is 3. The molecular formula is C28H26F4N6O2S. The van der Waals surface area contributed by atoms with Gasteiger partial charge in [-0.15, -0.1) is 11.3 Å². The largest absolute Gasteiger partial charge is 0.454 e. The van der Waals surface area contributed by atoms with E-state index in [9.17, 15) is 22.4 Å². The van der Waals surface area contributed by atoms with E-state index in [1.54, 1.807) is 23.4 Å². The molecule has 0 unspecified atom stereocenters. The highest BCUT2D eigenvalue weighted by Crippen LogP contribution is 2.48. The fraction of sp³-hybridized carbons (Fsp3) is 0.286. The molecule has 2 N–H and O–H groups in total. The number of carbonyl (C=O) groups excluding carboxylic acids is 1. The SMILES string of the molecule is CNC[C@@H]1CCCN(c2c(NC(=O)c3nc(-c4ccnnc4)cs3)ccc(Oc3ccccc3F)c2C(F)(F)F)C1. The minimum atomic E-state index is -4.88. The van der Waals surface area contributed by atoms with Crippen molar-refractivity contribution >= 4 is 28.6 Å². The van der Waals surface area contributed by atoms with Crippen LogP contribution in [0.2, 0.25) is 0 Å². The maximum absolute atomic E-state index is 14.8. The van der Waals surface area contributed by atoms with Gasteiger partial charge in [-0.05, 0) is 62.7 Å². The molecule has 0 spiro atoms. The van der Waals surface area contributed by atoms with Gasteiger partial charge in [0, 0.05) is 24.0 Å². The van der Waals surface area contributed by atoms with Crippen LogP contribution in [0.3, 0.4) is 0 Å². The number of thiazole rings is 1. The summed E-state index contributed by atoms with van der Waals surface area (Å²) < 4.78 is 64.3. The predicted octanol–water partition coefficient (Wildman–Crippen LogP) is 6.24. The van der Waals surface area contributed by atoms with Crippen molar-refractivity contribution in [3.05, 3.63) is 76.6 Å². The topological polar surface area (TPSA) is 92.3 Å². The summed E-state index contributed by atoms with van der Waals surface area (Å²) in [6.07, 6.45) is -0.390. The summed E-state index contributed by atoms with van der Waals surface area (Å²) in [5, 5.41) is 15.0. The Morgan fingerprint density at radius 2 is 1.98 bits per heavy atom. The average Bonchev–Trinajstić information content (AvgIpc) is 3.46. The van der Waals surface area contributed by atoms with Crippen LogP contribution >= 0.6 is 11.3 Å². The summed E-state index contributed by atoms with van der Waals surface area (Å²) in [6, 6.07) is 9.38. The van der Waals surface area contributed by atoms with Crippen LogP contribution in [0.4, 0.5) is 28.9 Å². The normalized spacial score (nSPS) is 15.5. The minimum absolute atomic E-state index is 0.0457. The van der Waals surface area contributed by atoms with E-state index < -0.39 is 29.2 Å². The smallest absolute Gasteiger partial charge is 0.422 e. The first-order chi connectivity index (χ1) is 19.7. The van der Waals surface area contributed by atoms with Gasteiger partial charge in [0.15, 0.2) is 16.6 Å². The van der Waals surface area contributed by atoms with Gasteiger partial charge in [-0.1, -0.05) is 12.1 Å². The fourth-order valence-electron chi connectivity index (χ4n) is 4.86. The Labute approximate surface area is 237 Å². The summed E-state index contributed by atoms with van der Waals surface area (Å²) in [4.78, 5) is 19.2. The number of para-hydroxylation sites is 1. The molecule has 1 aliphatic rings. The zero-order valence-electron chi connectivity index (χ0n) is 21.9. The van der Waals surface area contributed by atoms with Crippen molar-refractivity contribution < 1.29 is 27.1 Å². The molecule has 3 heterocycles. The van der Waals surface area contributed by atoms with Crippen LogP contribution in [0.1, 0.15) is 28.2 Å². The number of carbonyl (C=O) groups is 1. The minimum Gasteiger partial charge on any atom is -0.454 e. The molecule has 0 saturated carbocycles. The molecule has 1 aliphatic heterocycles. The fourth-order valence-corrected chi connectivity index (χ4v) is 5.58. The Balaban J connectivity index is 1.56. The molecule has 2 aromatic heterocycles. The van der Waals surface area contributed by atoms with Gasteiger partial charge < -0.3 is 20.3 Å². The second kappa shape index (κ2) is 12.2. The first-order valence-electron chi connectivity index (χ1n) is 12.8. The molecule has 5 rings (SSSR count). The number of aromatic nitrogens is 3. The number of nitrogens with one attached hydrogen (secondary N) is 2. The predicted molar refractivity (Wildman–Crippen MR) is 148 cm³/mol. The van der Waals surface area contributed by atoms with Gasteiger partial charge in [-0.2, -0.15) is 23.4 Å². The van der Waals surface area contributed by atoms with Gasteiger partial charge in [-0.25, -0.2) is 9.37 Å². The quantitative estimate of drug-likeness (QED) is 0.236. The second-order valence-electron chi connectivity index (χ2n) is 9.50. The number of ether oxygens (including phenoxy) is 1. The number of rotatable bonds is 8. The summed E-state index contributed by atoms with van der Waals surface area (Å²) >= 11 is 1.05. The molecule has 214 valence electrons. The lowest BCUT2D eigenvalue weighted by Gasteiger charge is -2.37. The Morgan fingerprint density at radius 1 is 1.15 bits per heavy atom. The third-order valence-electron chi connectivity index (χ3n) is 6.63. The number of anilines is 2. The van der Waals surface area contributed by atoms with Gasteiger partial charge in [0.05, 0.1) is 29.5 Å². The van der Waals surface area contributed by atoms with Crippen LogP contribution in [-0.2, 0) is 6.18 Å². The van der Waals surface area contributed by atoms with Crippen LogP contribution < -0.4 is 20.3 Å². The number of hydrogen-bond donors (Lipinski definition) is 2. The van der Waals surface area contributed by atoms with Crippen LogP contribution in [0, 0.1) is 11.7 Å². The van der Waals surface area contributed by atoms with Gasteiger partial charge in [0.2, 0.25) is 0 Å². The average molecular weight is 587 g/mol. The molecule has 8 nitrogen and oxygen atoms in total. The number of halogens is 4. The second-order valence-corrected chi connectivity index (χ2v) is 10.4. The summed E-state index contributed by atoms with van der Waals surface area (Å²) in [6.45, 7) is 1.29. The van der Waals surface area contributed by atoms with Crippen LogP contribution in [0.5, 0.6) is 11.5 Å². The van der Waals surface area contributed by atoms with Crippen LogP contribution in [-0.4, -0.2) is 47.8 Å². The number of benzene rings is 2. The van der Waals surface area contributed by atoms with E-state index >= 15 is 0 Å². The third kappa shape index (κ3) is 6.46. The van der Waals surface area contributed by atoms with E-state index in [-0.39, 0.29) is 28.0 Å². The zero-order valence-corrected chi connectivity index (χ0v) is 22.7. The van der Waals surface area contributed by atoms with Crippen molar-refractivity contribution in [1.82, 2.24) is 20.5 Å². The van der Waals surface area contributed by atoms with Crippen molar-refractivity contribution in [3.63, 3.8) is 0 Å². The molecule has 13 heteroatoms. The van der Waals surface area contributed by atoms with E-state index in [4.69, 9.17) is 4.74 Å². The van der Waals surface area contributed by atoms with E-state index in [2.05, 4.69) is 25.8 Å². The van der Waals surface area contributed by atoms with Crippen molar-refractivity contribution in [2.75, 3.05) is 36.9 Å². The van der Waals surface area contributed by atoms with Crippen molar-refractivity contribution in [2.45, 2.75) is 19.0 Å². The zero-order chi connectivity index (χ0) is 29.0. The molecule has 4 aromatic rings. The van der Waals surface area contributed by atoms with E-state index in [0.717, 1.165) is 29.9 Å². The van der Waals surface area contributed by atoms with Crippen LogP contribution in [0.25, 0.3) is 11.3 Å². The molecule has 1 saturated heterocycles. The Bertz CT molecular complexity index is 1510. The highest BCUT2D eigenvalue weighted by Gasteiger charge is 2.41. The Morgan fingerprint density at radius 3 is 2.71 bits per heavy atom. The van der Waals surface area contributed by atoms with E-state index in [1.807, 2.05) is 0 Å². The highest BCUT2D eigenvalue weighted by molar-refractivity contribution is 7.12. The molecule has 0 aliphatic carbocycles. The Kier molecular flexibility index (Phi) is 8.45. The molecule has 1 amide bonds. The van der Waals surface area contributed by atoms with Gasteiger partial charge >= 0.3 is 6.18 Å². The first kappa shape index (κ1) is 28.4. The van der Waals surface area contributed by atoms with E-state index in [0.29, 0.717) is 37.3 Å². The van der Waals surface area contributed by atoms with Crippen LogP contribution in [0.15, 0.2) is 60.2 Å². The lowest BCUT2D eigenvalue weighted by Crippen LogP contribution is -2.40. The summed E-state index contributed by atoms with van der Waals surface area (Å²) in [5.41, 5.74) is -0.225. The third-order valence-corrected chi connectivity index (χ3v) is 7.48. The van der Waals surface area contributed by atoms with Crippen molar-refractivity contribution in [3.8, 4) is 22.8 Å². The lowest BCUT2D eigenvalue weighted by atomic mass is 9.96. The maximum atomic E-state index is 14.8. The standard InChI is InChI=1S/C28H26F4N6O2S/c1-33-13-17-5-4-12-38(15-17)25-20(36-26(39)27-37-21(16-41-27)18-10-11-34-35-14-18)8-9-23(24(25)28(30,31)32)40-22-7-3-2-6-19(22)29/h2-3,6-11,14,16-17,33H,4-5,12-13,15H2,1H3,(H,36,39)/t17-/m0/s1. The van der Waals surface area contributed by atoms with Gasteiger partial charge in [-0.3, -0.25) is 4.79 Å². The number of nitrogens with zero attached hydrogens (tertiary/aromatic N) is 4. The van der Waals surface area contributed by atoms with Crippen molar-refractivity contribution in [1.29, 1.82) is 0 Å². The number of amides is 1. The number of hydrogen-bond acceptors (Lipinski definition) is 8. The molecule has 1 fully saturated rings. The summed E-state index contributed by atoms with van der Waals surface area (Å²) in [5.74, 6) is -2.27. The molecule has 0 bridgehead atoms. The maximum Gasteiger partial charge on any atom is 0.422 e. The van der Waals surface area contributed by atoms with E-state index in [1.165, 1.54) is 36.7 Å². The van der Waals surface area contributed by atoms with Crippen molar-refractivity contribution in [2.24, 2.45) is 5.92 Å². The molecule has 2 aromatic carbocycles. The van der Waals surface area contributed by atoms with Gasteiger partial charge in [0.1, 0.15) is 11.3 Å². The summed E-state index contributed by atoms with van der Waals surface area (Å²) in [7, 11) is 1.79. The monoisotopic (exact) mass is 586 g/mol. The molecular weight excluding hydrogens is 560 g/mol. The highest BCUT2D eigenvalue weighted by atomic mass is 32.1. The Hall–Kier alpha value is -4.10. The molecule has 0 radical (unpaired) electrons.